The number of hydrogen-bond donors (Lipinski definition) is 1. The summed E-state index contributed by atoms with van der Waals surface area (Å²) in [6.45, 7) is 10.4. The van der Waals surface area contributed by atoms with Crippen LogP contribution in [0, 0.1) is 13.8 Å². The summed E-state index contributed by atoms with van der Waals surface area (Å²) in [6.07, 6.45) is 2.31. The number of amides is 1. The Morgan fingerprint density at radius 2 is 2.12 bits per heavy atom. The molecule has 1 fully saturated rings. The topological polar surface area (TPSA) is 58.9 Å². The Balaban J connectivity index is 1.84. The summed E-state index contributed by atoms with van der Waals surface area (Å²) < 4.78 is 7.82. The SMILES string of the molecule is Cc1cccn2c(C(C)(C)NC(=O)C3CCN(C)CCO3)nc(C)c12. The van der Waals surface area contributed by atoms with Gasteiger partial charge >= 0.3 is 0 Å². The summed E-state index contributed by atoms with van der Waals surface area (Å²) in [5.74, 6) is 0.769. The van der Waals surface area contributed by atoms with E-state index in [4.69, 9.17) is 9.72 Å². The molecule has 1 amide bonds. The zero-order valence-corrected chi connectivity index (χ0v) is 15.8. The van der Waals surface area contributed by atoms with Gasteiger partial charge in [-0.15, -0.1) is 0 Å². The molecule has 0 radical (unpaired) electrons. The maximum Gasteiger partial charge on any atom is 0.249 e. The second-order valence-electron chi connectivity index (χ2n) is 7.50. The molecule has 1 aliphatic heterocycles. The molecule has 0 saturated carbocycles. The number of aromatic nitrogens is 2. The average Bonchev–Trinajstić information content (AvgIpc) is 2.74. The van der Waals surface area contributed by atoms with E-state index in [0.717, 1.165) is 30.1 Å². The van der Waals surface area contributed by atoms with Crippen molar-refractivity contribution in [2.24, 2.45) is 0 Å². The van der Waals surface area contributed by atoms with Gasteiger partial charge in [0.25, 0.3) is 0 Å². The molecule has 1 unspecified atom stereocenters. The number of fused-ring (bicyclic) bond motifs is 1. The van der Waals surface area contributed by atoms with Crippen molar-refractivity contribution in [1.82, 2.24) is 19.6 Å². The predicted molar refractivity (Wildman–Crippen MR) is 97.7 cm³/mol. The minimum Gasteiger partial charge on any atom is -0.367 e. The zero-order valence-electron chi connectivity index (χ0n) is 15.8. The van der Waals surface area contributed by atoms with Crippen molar-refractivity contribution < 1.29 is 9.53 Å². The number of carbonyl (C=O) groups excluding carboxylic acids is 1. The fourth-order valence-electron chi connectivity index (χ4n) is 3.49. The van der Waals surface area contributed by atoms with Crippen molar-refractivity contribution in [1.29, 1.82) is 0 Å². The van der Waals surface area contributed by atoms with Crippen molar-refractivity contribution in [3.63, 3.8) is 0 Å². The highest BCUT2D eigenvalue weighted by Crippen LogP contribution is 2.25. The number of likely N-dealkylation sites (N-methyl/N-ethyl adjacent to an activating group) is 1. The molecule has 3 heterocycles. The van der Waals surface area contributed by atoms with Gasteiger partial charge in [0.2, 0.25) is 5.91 Å². The van der Waals surface area contributed by atoms with Gasteiger partial charge in [-0.1, -0.05) is 6.07 Å². The first kappa shape index (κ1) is 17.9. The Morgan fingerprint density at radius 1 is 1.36 bits per heavy atom. The van der Waals surface area contributed by atoms with Crippen molar-refractivity contribution >= 4 is 11.4 Å². The fourth-order valence-corrected chi connectivity index (χ4v) is 3.49. The average molecular weight is 344 g/mol. The number of ether oxygens (including phenoxy) is 1. The quantitative estimate of drug-likeness (QED) is 0.925. The molecule has 2 aromatic heterocycles. The van der Waals surface area contributed by atoms with Gasteiger partial charge in [0.15, 0.2) is 0 Å². The number of pyridine rings is 1. The van der Waals surface area contributed by atoms with E-state index in [2.05, 4.69) is 34.7 Å². The third kappa shape index (κ3) is 3.55. The molecule has 0 aliphatic carbocycles. The monoisotopic (exact) mass is 344 g/mol. The molecular formula is C19H28N4O2. The van der Waals surface area contributed by atoms with Gasteiger partial charge in [-0.25, -0.2) is 4.98 Å². The minimum atomic E-state index is -0.594. The van der Waals surface area contributed by atoms with Gasteiger partial charge in [0.1, 0.15) is 11.9 Å². The molecule has 136 valence electrons. The van der Waals surface area contributed by atoms with Gasteiger partial charge < -0.3 is 19.4 Å². The first-order chi connectivity index (χ1) is 11.8. The molecule has 0 aromatic carbocycles. The number of rotatable bonds is 3. The molecule has 1 atom stereocenters. The van der Waals surface area contributed by atoms with E-state index in [1.54, 1.807) is 0 Å². The van der Waals surface area contributed by atoms with Crippen LogP contribution in [0.15, 0.2) is 18.3 Å². The zero-order chi connectivity index (χ0) is 18.2. The minimum absolute atomic E-state index is 0.0673. The number of hydrogen-bond acceptors (Lipinski definition) is 4. The smallest absolute Gasteiger partial charge is 0.249 e. The first-order valence-corrected chi connectivity index (χ1v) is 8.86. The van der Waals surface area contributed by atoms with E-state index in [1.165, 1.54) is 5.56 Å². The number of carbonyl (C=O) groups is 1. The molecule has 3 rings (SSSR count). The lowest BCUT2D eigenvalue weighted by molar-refractivity contribution is -0.134. The first-order valence-electron chi connectivity index (χ1n) is 8.86. The summed E-state index contributed by atoms with van der Waals surface area (Å²) in [7, 11) is 2.05. The second-order valence-corrected chi connectivity index (χ2v) is 7.50. The normalized spacial score (nSPS) is 19.8. The Bertz CT molecular complexity index is 781. The van der Waals surface area contributed by atoms with E-state index in [9.17, 15) is 4.79 Å². The van der Waals surface area contributed by atoms with Crippen molar-refractivity contribution in [2.45, 2.75) is 45.8 Å². The Labute approximate surface area is 149 Å². The Hall–Kier alpha value is -1.92. The van der Waals surface area contributed by atoms with Crippen LogP contribution in [-0.4, -0.2) is 53.0 Å². The van der Waals surface area contributed by atoms with E-state index < -0.39 is 11.6 Å². The summed E-state index contributed by atoms with van der Waals surface area (Å²) >= 11 is 0. The van der Waals surface area contributed by atoms with Gasteiger partial charge in [0, 0.05) is 19.3 Å². The largest absolute Gasteiger partial charge is 0.367 e. The van der Waals surface area contributed by atoms with Gasteiger partial charge in [-0.3, -0.25) is 4.79 Å². The second kappa shape index (κ2) is 6.77. The number of aryl methyl sites for hydroxylation is 2. The van der Waals surface area contributed by atoms with Crippen LogP contribution in [0.3, 0.4) is 0 Å². The van der Waals surface area contributed by atoms with Crippen LogP contribution in [0.25, 0.3) is 5.52 Å². The van der Waals surface area contributed by atoms with Crippen LogP contribution in [0.5, 0.6) is 0 Å². The predicted octanol–water partition coefficient (Wildman–Crippen LogP) is 2.02. The molecular weight excluding hydrogens is 316 g/mol. The van der Waals surface area contributed by atoms with Crippen LogP contribution < -0.4 is 5.32 Å². The van der Waals surface area contributed by atoms with E-state index in [-0.39, 0.29) is 5.91 Å². The van der Waals surface area contributed by atoms with Crippen LogP contribution in [0.4, 0.5) is 0 Å². The lowest BCUT2D eigenvalue weighted by Crippen LogP contribution is -2.47. The van der Waals surface area contributed by atoms with Gasteiger partial charge in [-0.2, -0.15) is 0 Å². The molecule has 0 bridgehead atoms. The highest BCUT2D eigenvalue weighted by Gasteiger charge is 2.32. The lowest BCUT2D eigenvalue weighted by atomic mass is 10.0. The van der Waals surface area contributed by atoms with E-state index in [0.29, 0.717) is 13.0 Å². The number of imidazole rings is 1. The molecule has 0 spiro atoms. The van der Waals surface area contributed by atoms with Gasteiger partial charge in [0.05, 0.1) is 23.4 Å². The van der Waals surface area contributed by atoms with Crippen LogP contribution in [-0.2, 0) is 15.1 Å². The van der Waals surface area contributed by atoms with Gasteiger partial charge in [-0.05, 0) is 52.8 Å². The molecule has 6 nitrogen and oxygen atoms in total. The van der Waals surface area contributed by atoms with Crippen molar-refractivity contribution in [2.75, 3.05) is 26.7 Å². The summed E-state index contributed by atoms with van der Waals surface area (Å²) in [4.78, 5) is 19.7. The molecule has 2 aromatic rings. The maximum atomic E-state index is 12.8. The Morgan fingerprint density at radius 3 is 2.88 bits per heavy atom. The summed E-state index contributed by atoms with van der Waals surface area (Å²) in [5, 5.41) is 3.14. The molecule has 25 heavy (non-hydrogen) atoms. The standard InChI is InChI=1S/C19H28N4O2/c1-13-7-6-9-23-16(13)14(2)20-18(23)19(3,4)21-17(24)15-8-10-22(5)11-12-25-15/h6-7,9,15H,8,10-12H2,1-5H3,(H,21,24). The van der Waals surface area contributed by atoms with Crippen LogP contribution in [0.1, 0.15) is 37.4 Å². The van der Waals surface area contributed by atoms with Crippen molar-refractivity contribution in [3.8, 4) is 0 Å². The number of nitrogens with zero attached hydrogens (tertiary/aromatic N) is 3. The van der Waals surface area contributed by atoms with Crippen molar-refractivity contribution in [3.05, 3.63) is 35.4 Å². The third-order valence-corrected chi connectivity index (χ3v) is 4.89. The van der Waals surface area contributed by atoms with E-state index in [1.807, 2.05) is 33.0 Å². The fraction of sp³-hybridized carbons (Fsp3) is 0.579. The molecule has 1 N–H and O–H groups in total. The Kier molecular flexibility index (Phi) is 4.84. The molecule has 1 aliphatic rings. The summed E-state index contributed by atoms with van der Waals surface area (Å²) in [5.41, 5.74) is 2.66. The highest BCUT2D eigenvalue weighted by atomic mass is 16.5. The van der Waals surface area contributed by atoms with Crippen LogP contribution in [0.2, 0.25) is 0 Å². The van der Waals surface area contributed by atoms with Crippen LogP contribution >= 0.6 is 0 Å². The summed E-state index contributed by atoms with van der Waals surface area (Å²) in [6, 6.07) is 4.09. The lowest BCUT2D eigenvalue weighted by Gasteiger charge is -2.27. The van der Waals surface area contributed by atoms with E-state index >= 15 is 0 Å². The highest BCUT2D eigenvalue weighted by molar-refractivity contribution is 5.81. The number of nitrogens with one attached hydrogen (secondary N) is 1. The maximum absolute atomic E-state index is 12.8. The molecule has 1 saturated heterocycles. The molecule has 6 heteroatoms. The third-order valence-electron chi connectivity index (χ3n) is 4.89.